The van der Waals surface area contributed by atoms with Crippen LogP contribution in [-0.4, -0.2) is 6.71 Å². The van der Waals surface area contributed by atoms with Gasteiger partial charge in [0.2, 0.25) is 6.71 Å². The zero-order chi connectivity index (χ0) is 12.3. The van der Waals surface area contributed by atoms with Crippen molar-refractivity contribution in [1.82, 2.24) is 0 Å². The van der Waals surface area contributed by atoms with Crippen LogP contribution < -0.4 is 10.9 Å². The van der Waals surface area contributed by atoms with Gasteiger partial charge < -0.3 is 0 Å². The summed E-state index contributed by atoms with van der Waals surface area (Å²) in [5, 5.41) is 0. The second-order valence-corrected chi connectivity index (χ2v) is 4.60. The van der Waals surface area contributed by atoms with Gasteiger partial charge in [0.25, 0.3) is 0 Å². The first-order chi connectivity index (χ1) is 8.18. The number of rotatable bonds is 3. The number of allylic oxidation sites excluding steroid dienone is 1. The van der Waals surface area contributed by atoms with Gasteiger partial charge in [-0.25, -0.2) is 0 Å². The van der Waals surface area contributed by atoms with Crippen LogP contribution in [0.2, 0.25) is 0 Å². The lowest BCUT2D eigenvalue weighted by atomic mass is 9.37. The maximum Gasteiger partial charge on any atom is 0.236 e. The van der Waals surface area contributed by atoms with Crippen LogP contribution in [0.25, 0.3) is 0 Å². The van der Waals surface area contributed by atoms with E-state index in [0.29, 0.717) is 6.71 Å². The smallest absolute Gasteiger partial charge is 0.108 e. The third kappa shape index (κ3) is 2.68. The van der Waals surface area contributed by atoms with Crippen LogP contribution in [-0.2, 0) is 0 Å². The highest BCUT2D eigenvalue weighted by molar-refractivity contribution is 6.90. The van der Waals surface area contributed by atoms with Crippen molar-refractivity contribution in [2.75, 3.05) is 0 Å². The van der Waals surface area contributed by atoms with Crippen LogP contribution in [0.15, 0.2) is 66.6 Å². The van der Waals surface area contributed by atoms with Crippen LogP contribution >= 0.6 is 0 Å². The predicted octanol–water partition coefficient (Wildman–Crippen LogP) is 2.72. The zero-order valence-electron chi connectivity index (χ0n) is 10.5. The predicted molar refractivity (Wildman–Crippen MR) is 77.5 cm³/mol. The molecule has 0 amide bonds. The minimum absolute atomic E-state index is 0.303. The van der Waals surface area contributed by atoms with E-state index in [-0.39, 0.29) is 0 Å². The number of benzene rings is 2. The maximum atomic E-state index is 4.13. The van der Waals surface area contributed by atoms with E-state index >= 15 is 0 Å². The summed E-state index contributed by atoms with van der Waals surface area (Å²) in [5.41, 5.74) is 5.10. The summed E-state index contributed by atoms with van der Waals surface area (Å²) in [6.07, 6.45) is 0. The SMILES string of the molecule is C=C(C)B(c1ccccc1)c1ccc(C)cc1. The molecule has 0 N–H and O–H groups in total. The van der Waals surface area contributed by atoms with Crippen molar-refractivity contribution < 1.29 is 0 Å². The molecule has 0 unspecified atom stereocenters. The molecule has 0 heterocycles. The van der Waals surface area contributed by atoms with Crippen LogP contribution in [0.1, 0.15) is 12.5 Å². The Morgan fingerprint density at radius 2 is 1.41 bits per heavy atom. The molecule has 2 aromatic carbocycles. The van der Waals surface area contributed by atoms with E-state index in [9.17, 15) is 0 Å². The fourth-order valence-corrected chi connectivity index (χ4v) is 2.17. The molecule has 0 spiro atoms. The van der Waals surface area contributed by atoms with Gasteiger partial charge in [0, 0.05) is 0 Å². The molecule has 0 aliphatic carbocycles. The van der Waals surface area contributed by atoms with Crippen molar-refractivity contribution in [1.29, 1.82) is 0 Å². The monoisotopic (exact) mass is 220 g/mol. The van der Waals surface area contributed by atoms with E-state index in [0.717, 1.165) is 0 Å². The third-order valence-electron chi connectivity index (χ3n) is 3.04. The molecule has 0 fully saturated rings. The summed E-state index contributed by atoms with van der Waals surface area (Å²) in [7, 11) is 0. The summed E-state index contributed by atoms with van der Waals surface area (Å²) in [4.78, 5) is 0. The average molecular weight is 220 g/mol. The first-order valence-corrected chi connectivity index (χ1v) is 5.95. The molecule has 2 rings (SSSR count). The highest BCUT2D eigenvalue weighted by Gasteiger charge is 2.19. The molecule has 0 saturated carbocycles. The first kappa shape index (κ1) is 11.7. The van der Waals surface area contributed by atoms with Gasteiger partial charge in [-0.1, -0.05) is 78.0 Å². The second-order valence-electron chi connectivity index (χ2n) is 4.60. The largest absolute Gasteiger partial charge is 0.236 e. The van der Waals surface area contributed by atoms with Gasteiger partial charge in [-0.05, 0) is 6.92 Å². The average Bonchev–Trinajstić information content (AvgIpc) is 2.33. The van der Waals surface area contributed by atoms with Gasteiger partial charge in [0.05, 0.1) is 0 Å². The molecule has 0 saturated heterocycles. The Balaban J connectivity index is 2.43. The summed E-state index contributed by atoms with van der Waals surface area (Å²) >= 11 is 0. The van der Waals surface area contributed by atoms with Crippen molar-refractivity contribution in [2.24, 2.45) is 0 Å². The summed E-state index contributed by atoms with van der Waals surface area (Å²) in [5.74, 6) is 0. The van der Waals surface area contributed by atoms with E-state index < -0.39 is 0 Å². The second kappa shape index (κ2) is 5.05. The van der Waals surface area contributed by atoms with Gasteiger partial charge in [0.1, 0.15) is 0 Å². The Kier molecular flexibility index (Phi) is 3.48. The molecule has 0 aliphatic rings. The minimum atomic E-state index is 0.303. The Hall–Kier alpha value is -1.76. The maximum absolute atomic E-state index is 4.13. The molecule has 84 valence electrons. The highest BCUT2D eigenvalue weighted by Crippen LogP contribution is 2.02. The van der Waals surface area contributed by atoms with Gasteiger partial charge in [-0.15, -0.1) is 12.1 Å². The normalized spacial score (nSPS) is 10.0. The molecule has 0 bridgehead atoms. The van der Waals surface area contributed by atoms with E-state index in [4.69, 9.17) is 0 Å². The van der Waals surface area contributed by atoms with Crippen LogP contribution in [0.4, 0.5) is 0 Å². The van der Waals surface area contributed by atoms with E-state index in [1.54, 1.807) is 0 Å². The summed E-state index contributed by atoms with van der Waals surface area (Å²) < 4.78 is 0. The Morgan fingerprint density at radius 1 is 0.882 bits per heavy atom. The first-order valence-electron chi connectivity index (χ1n) is 5.95. The molecule has 0 aliphatic heterocycles. The number of hydrogen-bond donors (Lipinski definition) is 0. The quantitative estimate of drug-likeness (QED) is 0.697. The van der Waals surface area contributed by atoms with Gasteiger partial charge in [-0.3, -0.25) is 0 Å². The van der Waals surface area contributed by atoms with E-state index in [2.05, 4.69) is 69.0 Å². The lowest BCUT2D eigenvalue weighted by molar-refractivity contribution is 1.49. The summed E-state index contributed by atoms with van der Waals surface area (Å²) in [6.45, 7) is 8.64. The lowest BCUT2D eigenvalue weighted by Gasteiger charge is -2.14. The summed E-state index contributed by atoms with van der Waals surface area (Å²) in [6, 6.07) is 19.3. The van der Waals surface area contributed by atoms with Crippen LogP contribution in [0.3, 0.4) is 0 Å². The fraction of sp³-hybridized carbons (Fsp3) is 0.125. The van der Waals surface area contributed by atoms with Crippen molar-refractivity contribution >= 4 is 17.6 Å². The van der Waals surface area contributed by atoms with E-state index in [1.165, 1.54) is 22.0 Å². The van der Waals surface area contributed by atoms with Crippen molar-refractivity contribution in [2.45, 2.75) is 13.8 Å². The third-order valence-corrected chi connectivity index (χ3v) is 3.04. The Labute approximate surface area is 104 Å². The highest BCUT2D eigenvalue weighted by atomic mass is 13.9. The fourth-order valence-electron chi connectivity index (χ4n) is 2.17. The molecule has 0 radical (unpaired) electrons. The lowest BCUT2D eigenvalue weighted by Crippen LogP contribution is -2.43. The zero-order valence-corrected chi connectivity index (χ0v) is 10.5. The number of hydrogen-bond acceptors (Lipinski definition) is 0. The minimum Gasteiger partial charge on any atom is -0.108 e. The van der Waals surface area contributed by atoms with Gasteiger partial charge in [0.15, 0.2) is 0 Å². The van der Waals surface area contributed by atoms with Crippen molar-refractivity contribution in [3.05, 3.63) is 72.2 Å². The van der Waals surface area contributed by atoms with Crippen LogP contribution in [0.5, 0.6) is 0 Å². The Bertz CT molecular complexity index is 497. The molecule has 0 aromatic heterocycles. The molecule has 17 heavy (non-hydrogen) atoms. The molecule has 1 heteroatoms. The number of aryl methyl sites for hydroxylation is 1. The van der Waals surface area contributed by atoms with E-state index in [1.807, 2.05) is 6.07 Å². The molecular formula is C16H17B. The molecule has 0 nitrogen and oxygen atoms in total. The molecule has 0 atom stereocenters. The molecular weight excluding hydrogens is 203 g/mol. The van der Waals surface area contributed by atoms with Crippen molar-refractivity contribution in [3.8, 4) is 0 Å². The van der Waals surface area contributed by atoms with Crippen molar-refractivity contribution in [3.63, 3.8) is 0 Å². The topological polar surface area (TPSA) is 0 Å². The standard InChI is InChI=1S/C16H17B/c1-13(2)17(15-7-5-4-6-8-15)16-11-9-14(3)10-12-16/h4-12H,1H2,2-3H3. The van der Waals surface area contributed by atoms with Crippen LogP contribution in [0, 0.1) is 6.92 Å². The van der Waals surface area contributed by atoms with Gasteiger partial charge in [-0.2, -0.15) is 0 Å². The van der Waals surface area contributed by atoms with Gasteiger partial charge >= 0.3 is 0 Å². The molecule has 2 aromatic rings. The Morgan fingerprint density at radius 3 is 1.94 bits per heavy atom.